The Labute approximate surface area is 989 Å². The van der Waals surface area contributed by atoms with Gasteiger partial charge in [-0.15, -0.1) is 36.5 Å². The van der Waals surface area contributed by atoms with Crippen molar-refractivity contribution in [3.8, 4) is 69.3 Å². The van der Waals surface area contributed by atoms with Crippen LogP contribution in [0, 0.1) is 44.1 Å². The number of aromatic nitrogens is 32. The van der Waals surface area contributed by atoms with Gasteiger partial charge in [-0.25, -0.2) is 28.8 Å². The van der Waals surface area contributed by atoms with Gasteiger partial charge in [-0.3, -0.25) is 4.98 Å². The van der Waals surface area contributed by atoms with Gasteiger partial charge in [-0.2, -0.15) is 104 Å². The van der Waals surface area contributed by atoms with Crippen LogP contribution in [0.2, 0.25) is 0 Å². The van der Waals surface area contributed by atoms with Gasteiger partial charge in [0, 0.05) is 335 Å². The van der Waals surface area contributed by atoms with Gasteiger partial charge in [0.1, 0.15) is 38.9 Å². The number of rotatable bonds is 24. The fraction of sp³-hybridized carbons (Fsp3) is 0.157. The summed E-state index contributed by atoms with van der Waals surface area (Å²) < 4.78 is 53.0. The number of tetrazole rings is 6. The van der Waals surface area contributed by atoms with Crippen LogP contribution in [0.5, 0.6) is 35.1 Å². The van der Waals surface area contributed by atoms with Gasteiger partial charge in [-0.05, 0) is 142 Å². The molecule has 6 radical (unpaired) electrons. The number of hydrogen-bond donors (Lipinski definition) is 0. The maximum absolute atomic E-state index is 12.1. The van der Waals surface area contributed by atoms with Gasteiger partial charge in [-0.1, -0.05) is 157 Å². The third-order valence-corrected chi connectivity index (χ3v) is 22.6. The van der Waals surface area contributed by atoms with E-state index >= 15 is 0 Å². The molecule has 0 fully saturated rings. The predicted molar refractivity (Wildman–Crippen MR) is 491 cm³/mol. The van der Waals surface area contributed by atoms with Crippen LogP contribution in [0.3, 0.4) is 0 Å². The maximum Gasteiger partial charge on any atom is 0.368 e. The Hall–Kier alpha value is -8.40. The fourth-order valence-electron chi connectivity index (χ4n) is 11.4. The van der Waals surface area contributed by atoms with E-state index in [9.17, 15) is 28.8 Å². The molecule has 10 heterocycles. The van der Waals surface area contributed by atoms with Crippen LogP contribution in [0.25, 0.3) is 34.1 Å². The first kappa shape index (κ1) is 118. The van der Waals surface area contributed by atoms with Gasteiger partial charge < -0.3 is 63.3 Å². The quantitative estimate of drug-likeness (QED) is 0.0515. The molecule has 0 unspecified atom stereocenters. The van der Waals surface area contributed by atoms with E-state index in [-0.39, 0.29) is 276 Å². The molecule has 10 aromatic heterocycles. The van der Waals surface area contributed by atoms with Crippen molar-refractivity contribution >= 4 is 95.6 Å². The molecule has 0 aliphatic heterocycles. The predicted octanol–water partition coefficient (Wildman–Crippen LogP) is 8.10. The molecule has 18 rings (SSSR count). The Bertz CT molecular complexity index is 6550. The van der Waals surface area contributed by atoms with Crippen molar-refractivity contribution in [1.29, 1.82) is 0 Å². The first-order valence-corrected chi connectivity index (χ1v) is 43.2. The molecule has 0 aliphatic rings. The van der Waals surface area contributed by atoms with Crippen molar-refractivity contribution in [2.45, 2.75) is 46.6 Å². The molecule has 0 spiro atoms. The Kier molecular flexibility index (Phi) is 49.4. The SMILES string of the molecule is Cc1[c-]cc(OCc2c(Br)cccc2-n2nnn(C)c2=O)cc1.Cn1nnn(-c2cccc(Br)c2COc2c[c-]ccc2)c1=O.Cn1nnn(-c2cccc(Br)c2COc2ccc[c-]n2)c1=O.Cn1nnn(-c2cccc(Br)c2COc2ccn[c-]n2)c1=O.Cn1nnn(-c2cccc(Br)c2COc2cnc[c-]n2)c1=O.Cn1nnn(-c2cccc(Br)c2COc2n[c-]ncn2)c1=O.[Y].[Y].[Y].[Y].[Y].[Y]. The van der Waals surface area contributed by atoms with Gasteiger partial charge in [0.15, 0.2) is 6.01 Å². The maximum atomic E-state index is 12.1. The minimum atomic E-state index is -0.354. The number of ether oxygens (including phenoxy) is 6. The monoisotopic (exact) mass is 2710 g/mol. The number of aryl methyl sites for hydroxylation is 7. The summed E-state index contributed by atoms with van der Waals surface area (Å²) in [6.07, 6.45) is 15.9. The van der Waals surface area contributed by atoms with E-state index in [0.717, 1.165) is 74.3 Å². The summed E-state index contributed by atoms with van der Waals surface area (Å²) in [5.41, 5.74) is 7.28. The standard InChI is InChI=1S/C16H14BrN4O2.C15H12BrN4O2.C14H11BrN5O2.2C13H10BrN6O2.C12H9BrN7O2.6Y/c1-11-6-8-12(9-7-11)23-10-13-14(17)4-3-5-15(13)21-16(22)20(2)18-19-21;1-19-15(21)20(18-17-19)14-9-5-8-13(16)12(14)10-22-11-6-3-2-4-7-11;1-19-14(21)20(18-17-19)12-6-4-5-11(15)10(12)9-22-13-7-2-3-8-16-13;1-19-13(21)20(18-17-19)11-4-2-3-10(14)9(11)8-22-12-7-15-5-6-16-12;1-19-13(21)20(18-17-19)11-4-2-3-10(14)9(11)7-22-12-5-6-15-8-16-12;1-19-12(21)20(18-17-19)10-4-2-3-9(13)8(10)5-22-11-15-6-14-7-16-11;;;;;;/h3-6,8-9H,10H2,1-2H3;2-3,5-9H,10H2,1H3;2-7H,9H2,1H3;2-5,7H,8H2,1H3;2-6H,7H2,1H3;2-4,6H,5H2,1H3;;;;;;/q6*-1;;;;;;. The first-order valence-electron chi connectivity index (χ1n) is 38.5. The number of hydrogen-bond acceptors (Lipinski definition) is 32. The molecule has 139 heavy (non-hydrogen) atoms. The molecule has 18 aromatic rings. The summed E-state index contributed by atoms with van der Waals surface area (Å²) in [6.45, 7) is 3.30. The number of nitrogens with zero attached hydrogens (tertiary/aromatic N) is 32. The Balaban J connectivity index is 0.000000225. The molecule has 0 amide bonds. The molecule has 696 valence electrons. The largest absolute Gasteiger partial charge is 0.556 e. The molecule has 0 bridgehead atoms. The number of halogens is 6. The fourth-order valence-corrected chi connectivity index (χ4v) is 14.2. The van der Waals surface area contributed by atoms with Crippen LogP contribution in [-0.2, 0) is 278 Å². The molecule has 44 nitrogen and oxygen atoms in total. The third-order valence-electron chi connectivity index (χ3n) is 18.1. The molecule has 0 saturated carbocycles. The number of pyridine rings is 1. The van der Waals surface area contributed by atoms with E-state index in [0.29, 0.717) is 68.8 Å². The first-order chi connectivity index (χ1) is 64.4. The summed E-state index contributed by atoms with van der Waals surface area (Å²) in [6, 6.07) is 58.7. The zero-order valence-corrected chi connectivity index (χ0v) is 100. The minimum absolute atomic E-state index is 0. The zero-order valence-electron chi connectivity index (χ0n) is 73.7. The minimum Gasteiger partial charge on any atom is -0.556 e. The molecule has 0 atom stereocenters. The Morgan fingerprint density at radius 2 is 0.647 bits per heavy atom. The van der Waals surface area contributed by atoms with Gasteiger partial charge in [0.25, 0.3) is 0 Å². The van der Waals surface area contributed by atoms with Gasteiger partial charge in [0.05, 0.1) is 52.5 Å². The van der Waals surface area contributed by atoms with Crippen molar-refractivity contribution in [3.63, 3.8) is 0 Å². The van der Waals surface area contributed by atoms with E-state index in [4.69, 9.17) is 28.4 Å². The molecular formula is C83H66Br6N32O12Y6-6. The van der Waals surface area contributed by atoms with Crippen molar-refractivity contribution in [1.82, 2.24) is 159 Å². The van der Waals surface area contributed by atoms with Crippen LogP contribution < -0.4 is 62.6 Å². The zero-order chi connectivity index (χ0) is 94.0. The van der Waals surface area contributed by atoms with Crippen molar-refractivity contribution in [2.75, 3.05) is 0 Å². The summed E-state index contributed by atoms with van der Waals surface area (Å²) in [5, 5.41) is 45.5. The van der Waals surface area contributed by atoms with Crippen LogP contribution >= 0.6 is 95.6 Å². The second-order valence-corrected chi connectivity index (χ2v) is 32.0. The molecular weight excluding hydrogens is 2650 g/mol. The van der Waals surface area contributed by atoms with E-state index in [1.54, 1.807) is 112 Å². The van der Waals surface area contributed by atoms with Crippen molar-refractivity contribution < 1.29 is 225 Å². The molecule has 0 N–H and O–H groups in total. The average molecular weight is 2720 g/mol. The topological polar surface area (TPSA) is 475 Å². The smallest absolute Gasteiger partial charge is 0.368 e. The van der Waals surface area contributed by atoms with E-state index in [1.807, 2.05) is 91.9 Å². The Morgan fingerprint density at radius 3 is 0.935 bits per heavy atom. The van der Waals surface area contributed by atoms with Crippen molar-refractivity contribution in [2.24, 2.45) is 42.3 Å². The molecule has 0 saturated heterocycles. The third kappa shape index (κ3) is 31.8. The number of benzene rings is 8. The van der Waals surface area contributed by atoms with E-state index in [2.05, 4.69) is 235 Å². The van der Waals surface area contributed by atoms with E-state index < -0.39 is 0 Å². The normalized spacial score (nSPS) is 10.2. The van der Waals surface area contributed by atoms with E-state index in [1.165, 1.54) is 88.2 Å². The summed E-state index contributed by atoms with van der Waals surface area (Å²) in [4.78, 5) is 103. The van der Waals surface area contributed by atoms with Crippen molar-refractivity contribution in [3.05, 3.63) is 367 Å². The van der Waals surface area contributed by atoms with Crippen LogP contribution in [-0.4, -0.2) is 159 Å². The second kappa shape index (κ2) is 58.4. The summed E-state index contributed by atoms with van der Waals surface area (Å²) in [7, 11) is 9.26. The van der Waals surface area contributed by atoms with Crippen LogP contribution in [0.15, 0.2) is 256 Å². The van der Waals surface area contributed by atoms with Gasteiger partial charge >= 0.3 is 34.1 Å². The van der Waals surface area contributed by atoms with Crippen LogP contribution in [0.4, 0.5) is 0 Å². The van der Waals surface area contributed by atoms with Gasteiger partial charge in [0.2, 0.25) is 0 Å². The Morgan fingerprint density at radius 1 is 0.317 bits per heavy atom. The summed E-state index contributed by atoms with van der Waals surface area (Å²) in [5.74, 6) is 2.61. The summed E-state index contributed by atoms with van der Waals surface area (Å²) >= 11 is 20.8. The molecule has 56 heteroatoms. The second-order valence-electron chi connectivity index (χ2n) is 26.8. The molecule has 0 aliphatic carbocycles. The molecule has 8 aromatic carbocycles. The average Bonchev–Trinajstić information content (AvgIpc) is 1.78. The van der Waals surface area contributed by atoms with Crippen LogP contribution in [0.1, 0.15) is 38.9 Å².